The molecule has 0 unspecified atom stereocenters. The van der Waals surface area contributed by atoms with Crippen LogP contribution in [0.2, 0.25) is 0 Å². The lowest BCUT2D eigenvalue weighted by atomic mass is 10.3. The fourth-order valence-corrected chi connectivity index (χ4v) is 1.81. The molecule has 1 amide bonds. The van der Waals surface area contributed by atoms with E-state index in [1.54, 1.807) is 0 Å². The van der Waals surface area contributed by atoms with Crippen molar-refractivity contribution in [3.05, 3.63) is 23.5 Å². The first-order chi connectivity index (χ1) is 5.86. The van der Waals surface area contributed by atoms with E-state index >= 15 is 0 Å². The first kappa shape index (κ1) is 6.29. The summed E-state index contributed by atoms with van der Waals surface area (Å²) < 4.78 is 0. The Labute approximate surface area is 70.4 Å². The minimum Gasteiger partial charge on any atom is -0.357 e. The molecule has 1 saturated carbocycles. The largest absolute Gasteiger partial charge is 0.357 e. The second kappa shape index (κ2) is 1.91. The molecule has 1 aromatic heterocycles. The van der Waals surface area contributed by atoms with Gasteiger partial charge in [-0.1, -0.05) is 0 Å². The number of carbonyl (C=O) groups excluding carboxylic acids is 1. The highest BCUT2D eigenvalue weighted by Crippen LogP contribution is 2.33. The molecule has 2 heterocycles. The SMILES string of the molecule is O=C1c2[nH]ccc2CN1C1CC1. The third-order valence-corrected chi connectivity index (χ3v) is 2.64. The van der Waals surface area contributed by atoms with Crippen molar-refractivity contribution in [2.45, 2.75) is 25.4 Å². The van der Waals surface area contributed by atoms with Crippen molar-refractivity contribution in [1.82, 2.24) is 9.88 Å². The number of aromatic amines is 1. The van der Waals surface area contributed by atoms with Crippen LogP contribution < -0.4 is 0 Å². The van der Waals surface area contributed by atoms with Crippen LogP contribution in [-0.4, -0.2) is 21.8 Å². The summed E-state index contributed by atoms with van der Waals surface area (Å²) in [5.41, 5.74) is 1.97. The number of H-pyrrole nitrogens is 1. The van der Waals surface area contributed by atoms with Gasteiger partial charge in [0.1, 0.15) is 5.69 Å². The fraction of sp³-hybridized carbons (Fsp3) is 0.444. The molecule has 3 heteroatoms. The maximum Gasteiger partial charge on any atom is 0.271 e. The Hall–Kier alpha value is -1.25. The molecule has 1 aliphatic heterocycles. The Morgan fingerprint density at radius 3 is 3.00 bits per heavy atom. The van der Waals surface area contributed by atoms with Crippen LogP contribution in [0.1, 0.15) is 28.9 Å². The number of carbonyl (C=O) groups is 1. The van der Waals surface area contributed by atoms with Gasteiger partial charge in [0, 0.05) is 24.3 Å². The van der Waals surface area contributed by atoms with E-state index in [0.717, 1.165) is 17.8 Å². The van der Waals surface area contributed by atoms with E-state index in [1.807, 2.05) is 17.2 Å². The van der Waals surface area contributed by atoms with Gasteiger partial charge in [-0.2, -0.15) is 0 Å². The molecule has 0 saturated heterocycles. The van der Waals surface area contributed by atoms with Crippen molar-refractivity contribution in [2.75, 3.05) is 0 Å². The number of nitrogens with one attached hydrogen (secondary N) is 1. The van der Waals surface area contributed by atoms with E-state index < -0.39 is 0 Å². The minimum atomic E-state index is 0.192. The molecule has 62 valence electrons. The first-order valence-electron chi connectivity index (χ1n) is 4.33. The average molecular weight is 162 g/mol. The number of hydrogen-bond donors (Lipinski definition) is 1. The lowest BCUT2D eigenvalue weighted by Crippen LogP contribution is -2.26. The third-order valence-electron chi connectivity index (χ3n) is 2.64. The van der Waals surface area contributed by atoms with E-state index in [4.69, 9.17) is 0 Å². The van der Waals surface area contributed by atoms with E-state index in [9.17, 15) is 4.79 Å². The van der Waals surface area contributed by atoms with Gasteiger partial charge in [-0.05, 0) is 18.9 Å². The zero-order chi connectivity index (χ0) is 8.13. The van der Waals surface area contributed by atoms with Crippen molar-refractivity contribution < 1.29 is 4.79 Å². The van der Waals surface area contributed by atoms with Crippen LogP contribution >= 0.6 is 0 Å². The summed E-state index contributed by atoms with van der Waals surface area (Å²) in [6.45, 7) is 0.822. The molecule has 0 atom stereocenters. The van der Waals surface area contributed by atoms with Crippen LogP contribution in [0.3, 0.4) is 0 Å². The molecule has 1 fully saturated rings. The molecule has 3 rings (SSSR count). The first-order valence-corrected chi connectivity index (χ1v) is 4.33. The quantitative estimate of drug-likeness (QED) is 0.660. The fourth-order valence-electron chi connectivity index (χ4n) is 1.81. The Bertz CT molecular complexity index is 338. The van der Waals surface area contributed by atoms with Crippen LogP contribution in [0.25, 0.3) is 0 Å². The van der Waals surface area contributed by atoms with Crippen molar-refractivity contribution in [2.24, 2.45) is 0 Å². The van der Waals surface area contributed by atoms with Gasteiger partial charge < -0.3 is 9.88 Å². The predicted octanol–water partition coefficient (Wildman–Crippen LogP) is 1.13. The summed E-state index contributed by atoms with van der Waals surface area (Å²) in [5, 5.41) is 0. The maximum atomic E-state index is 11.6. The summed E-state index contributed by atoms with van der Waals surface area (Å²) in [7, 11) is 0. The molecule has 1 aliphatic carbocycles. The number of nitrogens with zero attached hydrogens (tertiary/aromatic N) is 1. The van der Waals surface area contributed by atoms with E-state index in [2.05, 4.69) is 4.98 Å². The highest BCUT2D eigenvalue weighted by molar-refractivity contribution is 5.97. The Balaban J connectivity index is 1.98. The van der Waals surface area contributed by atoms with Crippen LogP contribution in [-0.2, 0) is 6.54 Å². The molecule has 1 N–H and O–H groups in total. The van der Waals surface area contributed by atoms with Crippen molar-refractivity contribution in [1.29, 1.82) is 0 Å². The molecular formula is C9H10N2O. The number of fused-ring (bicyclic) bond motifs is 1. The van der Waals surface area contributed by atoms with Crippen molar-refractivity contribution in [3.8, 4) is 0 Å². The second-order valence-corrected chi connectivity index (χ2v) is 3.54. The summed E-state index contributed by atoms with van der Waals surface area (Å²) >= 11 is 0. The molecule has 0 spiro atoms. The van der Waals surface area contributed by atoms with E-state index in [-0.39, 0.29) is 5.91 Å². The van der Waals surface area contributed by atoms with E-state index in [0.29, 0.717) is 6.04 Å². The van der Waals surface area contributed by atoms with Gasteiger partial charge in [-0.25, -0.2) is 0 Å². The van der Waals surface area contributed by atoms with Gasteiger partial charge in [0.15, 0.2) is 0 Å². The monoisotopic (exact) mass is 162 g/mol. The van der Waals surface area contributed by atoms with Gasteiger partial charge in [0.2, 0.25) is 0 Å². The lowest BCUT2D eigenvalue weighted by molar-refractivity contribution is 0.0762. The summed E-state index contributed by atoms with van der Waals surface area (Å²) in [6.07, 6.45) is 4.22. The smallest absolute Gasteiger partial charge is 0.271 e. The van der Waals surface area contributed by atoms with Crippen LogP contribution in [0.4, 0.5) is 0 Å². The maximum absolute atomic E-state index is 11.6. The summed E-state index contributed by atoms with van der Waals surface area (Å²) in [4.78, 5) is 16.6. The molecule has 3 nitrogen and oxygen atoms in total. The second-order valence-electron chi connectivity index (χ2n) is 3.54. The standard InChI is InChI=1S/C9H10N2O/c12-9-8-6(3-4-10-8)5-11(9)7-1-2-7/h3-4,7,10H,1-2,5H2. The van der Waals surface area contributed by atoms with Gasteiger partial charge in [0.25, 0.3) is 5.91 Å². The van der Waals surface area contributed by atoms with Crippen LogP contribution in [0.5, 0.6) is 0 Å². The summed E-state index contributed by atoms with van der Waals surface area (Å²) in [6, 6.07) is 2.54. The Morgan fingerprint density at radius 2 is 2.33 bits per heavy atom. The Kier molecular flexibility index (Phi) is 1.00. The van der Waals surface area contributed by atoms with Gasteiger partial charge >= 0.3 is 0 Å². The topological polar surface area (TPSA) is 36.1 Å². The molecule has 2 aliphatic rings. The molecule has 0 aromatic carbocycles. The summed E-state index contributed by atoms with van der Waals surface area (Å²) in [5.74, 6) is 0.192. The van der Waals surface area contributed by atoms with Crippen LogP contribution in [0, 0.1) is 0 Å². The number of amides is 1. The molecule has 1 aromatic rings. The zero-order valence-electron chi connectivity index (χ0n) is 6.71. The van der Waals surface area contributed by atoms with E-state index in [1.165, 1.54) is 12.8 Å². The molecule has 0 bridgehead atoms. The zero-order valence-corrected chi connectivity index (χ0v) is 6.71. The van der Waals surface area contributed by atoms with Crippen molar-refractivity contribution >= 4 is 5.91 Å². The number of rotatable bonds is 1. The van der Waals surface area contributed by atoms with Gasteiger partial charge in [0.05, 0.1) is 0 Å². The minimum absolute atomic E-state index is 0.192. The van der Waals surface area contributed by atoms with Crippen molar-refractivity contribution in [3.63, 3.8) is 0 Å². The highest BCUT2D eigenvalue weighted by Gasteiger charge is 2.38. The Morgan fingerprint density at radius 1 is 1.50 bits per heavy atom. The lowest BCUT2D eigenvalue weighted by Gasteiger charge is -2.13. The van der Waals surface area contributed by atoms with Gasteiger partial charge in [-0.3, -0.25) is 4.79 Å². The van der Waals surface area contributed by atoms with Crippen LogP contribution in [0.15, 0.2) is 12.3 Å². The number of hydrogen-bond acceptors (Lipinski definition) is 1. The third kappa shape index (κ3) is 0.682. The average Bonchev–Trinajstić information content (AvgIpc) is 2.71. The number of aromatic nitrogens is 1. The molecule has 0 radical (unpaired) electrons. The highest BCUT2D eigenvalue weighted by atomic mass is 16.2. The molecule has 12 heavy (non-hydrogen) atoms. The normalized spacial score (nSPS) is 21.7. The predicted molar refractivity (Wildman–Crippen MR) is 43.7 cm³/mol. The molecular weight excluding hydrogens is 152 g/mol. The van der Waals surface area contributed by atoms with Gasteiger partial charge in [-0.15, -0.1) is 0 Å².